The van der Waals surface area contributed by atoms with Crippen molar-refractivity contribution in [1.29, 1.82) is 0 Å². The normalized spacial score (nSPS) is 18.2. The maximum Gasteiger partial charge on any atom is 0.159 e. The summed E-state index contributed by atoms with van der Waals surface area (Å²) < 4.78 is 15.5. The highest BCUT2D eigenvalue weighted by Crippen LogP contribution is 2.35. The molecule has 0 bridgehead atoms. The van der Waals surface area contributed by atoms with Crippen molar-refractivity contribution in [2.24, 2.45) is 0 Å². The van der Waals surface area contributed by atoms with E-state index >= 15 is 0 Å². The molecule has 2 aromatic carbocycles. The van der Waals surface area contributed by atoms with Gasteiger partial charge >= 0.3 is 0 Å². The van der Waals surface area contributed by atoms with Gasteiger partial charge in [0.25, 0.3) is 0 Å². The monoisotopic (exact) mass is 341 g/mol. The van der Waals surface area contributed by atoms with Crippen LogP contribution in [-0.2, 0) is 16.5 Å². The number of hydrogen-bond donors (Lipinski definition) is 1. The van der Waals surface area contributed by atoms with Crippen LogP contribution in [-0.4, -0.2) is 26.1 Å². The van der Waals surface area contributed by atoms with Crippen molar-refractivity contribution in [1.82, 2.24) is 4.57 Å². The van der Waals surface area contributed by atoms with E-state index in [4.69, 9.17) is 0 Å². The van der Waals surface area contributed by atoms with Gasteiger partial charge in [-0.15, -0.1) is 0 Å². The van der Waals surface area contributed by atoms with Crippen molar-refractivity contribution >= 4 is 37.5 Å². The van der Waals surface area contributed by atoms with Crippen LogP contribution in [0.15, 0.2) is 41.3 Å². The Labute approximate surface area is 143 Å². The van der Waals surface area contributed by atoms with Crippen LogP contribution in [0.25, 0.3) is 21.8 Å². The molecule has 1 aliphatic heterocycles. The van der Waals surface area contributed by atoms with Gasteiger partial charge in [-0.25, -0.2) is 0 Å². The predicted molar refractivity (Wildman–Crippen MR) is 102 cm³/mol. The Balaban J connectivity index is 2.03. The van der Waals surface area contributed by atoms with Crippen LogP contribution < -0.4 is 0 Å². The summed E-state index contributed by atoms with van der Waals surface area (Å²) in [5, 5.41) is 2.21. The number of benzene rings is 2. The molecule has 3 aromatic rings. The molecule has 0 atom stereocenters. The molecule has 0 unspecified atom stereocenters. The fourth-order valence-corrected chi connectivity index (χ4v) is 6.93. The lowest BCUT2D eigenvalue weighted by molar-refractivity contribution is 0.101. The Morgan fingerprint density at radius 2 is 1.67 bits per heavy atom. The van der Waals surface area contributed by atoms with Crippen LogP contribution in [0.2, 0.25) is 0 Å². The van der Waals surface area contributed by atoms with Crippen LogP contribution >= 0.6 is 0 Å². The van der Waals surface area contributed by atoms with Crippen molar-refractivity contribution in [2.45, 2.75) is 38.1 Å². The Kier molecular flexibility index (Phi) is 3.61. The number of Topliss-reactive ketones (excluding diaryl/α,β-unsaturated/α-hetero) is 1. The second-order valence-corrected chi connectivity index (χ2v) is 9.97. The minimum atomic E-state index is -2.21. The number of aryl methyl sites for hydroxylation is 1. The fraction of sp³-hybridized carbons (Fsp3) is 0.350. The third-order valence-corrected chi connectivity index (χ3v) is 8.63. The maximum absolute atomic E-state index is 13.2. The minimum Gasteiger partial charge on any atom is -0.341 e. The molecule has 0 spiro atoms. The smallest absolute Gasteiger partial charge is 0.159 e. The Morgan fingerprint density at radius 3 is 2.29 bits per heavy atom. The lowest BCUT2D eigenvalue weighted by Crippen LogP contribution is -2.13. The van der Waals surface area contributed by atoms with E-state index in [9.17, 15) is 9.00 Å². The summed E-state index contributed by atoms with van der Waals surface area (Å²) in [5.41, 5.74) is 3.03. The van der Waals surface area contributed by atoms with Crippen LogP contribution in [0.4, 0.5) is 0 Å². The number of rotatable bonds is 3. The van der Waals surface area contributed by atoms with Gasteiger partial charge in [-0.1, -0.05) is 9.93 Å². The van der Waals surface area contributed by atoms with Gasteiger partial charge in [0, 0.05) is 50.3 Å². The van der Waals surface area contributed by atoms with Crippen LogP contribution in [0, 0.1) is 0 Å². The first-order valence-electron chi connectivity index (χ1n) is 8.69. The van der Waals surface area contributed by atoms with Gasteiger partial charge < -0.3 is 4.57 Å². The number of ketones is 1. The first-order valence-corrected chi connectivity index (χ1v) is 10.8. The third kappa shape index (κ3) is 2.24. The number of hydrogen-bond acceptors (Lipinski definition) is 2. The van der Waals surface area contributed by atoms with Crippen molar-refractivity contribution < 1.29 is 9.00 Å². The van der Waals surface area contributed by atoms with Gasteiger partial charge in [0.05, 0.1) is 0 Å². The average molecular weight is 341 g/mol. The molecule has 2 heterocycles. The summed E-state index contributed by atoms with van der Waals surface area (Å²) >= 11 is 0. The number of fused-ring (bicyclic) bond motifs is 3. The van der Waals surface area contributed by atoms with E-state index in [1.165, 1.54) is 0 Å². The molecule has 4 rings (SSSR count). The second kappa shape index (κ2) is 5.55. The van der Waals surface area contributed by atoms with Crippen LogP contribution in [0.5, 0.6) is 0 Å². The molecular weight excluding hydrogens is 318 g/mol. The van der Waals surface area contributed by atoms with Gasteiger partial charge in [-0.05, 0) is 63.1 Å². The van der Waals surface area contributed by atoms with Crippen molar-refractivity contribution in [3.8, 4) is 0 Å². The quantitative estimate of drug-likeness (QED) is 0.573. The van der Waals surface area contributed by atoms with E-state index in [-0.39, 0.29) is 5.78 Å². The maximum atomic E-state index is 13.2. The zero-order chi connectivity index (χ0) is 16.9. The SMILES string of the molecule is CCn1c2ccc(C(C)=O)cc2c2cc([SH]3(=O)CCCC3)ccc21. The predicted octanol–water partition coefficient (Wildman–Crippen LogP) is 4.19. The highest BCUT2D eigenvalue weighted by Gasteiger charge is 2.24. The number of carbonyl (C=O) groups excluding carboxylic acids is 1. The molecule has 0 radical (unpaired) electrons. The molecule has 4 heteroatoms. The summed E-state index contributed by atoms with van der Waals surface area (Å²) in [5.74, 6) is 1.75. The molecular formula is C20H23NO2S. The standard InChI is InChI=1S/C20H23NO2S/c1-3-21-19-8-6-15(14(2)22)12-17(19)18-13-16(7-9-20(18)21)24(23)10-4-5-11-24/h6-9,12-13,24H,3-5,10-11H2,1-2H3. The van der Waals surface area contributed by atoms with Gasteiger partial charge in [-0.3, -0.25) is 9.00 Å². The number of carbonyl (C=O) groups is 1. The van der Waals surface area contributed by atoms with E-state index in [0.29, 0.717) is 0 Å². The average Bonchev–Trinajstić information content (AvgIpc) is 3.16. The number of aromatic nitrogens is 1. The molecule has 1 fully saturated rings. The number of thiol groups is 1. The van der Waals surface area contributed by atoms with Gasteiger partial charge in [-0.2, -0.15) is 0 Å². The molecule has 1 aromatic heterocycles. The third-order valence-electron chi connectivity index (χ3n) is 5.33. The Bertz CT molecular complexity index is 1010. The van der Waals surface area contributed by atoms with Crippen molar-refractivity contribution in [3.63, 3.8) is 0 Å². The van der Waals surface area contributed by atoms with Gasteiger partial charge in [0.15, 0.2) is 5.78 Å². The molecule has 0 saturated carbocycles. The minimum absolute atomic E-state index is 0.0778. The molecule has 0 N–H and O–H groups in total. The molecule has 24 heavy (non-hydrogen) atoms. The van der Waals surface area contributed by atoms with Crippen LogP contribution in [0.3, 0.4) is 0 Å². The van der Waals surface area contributed by atoms with E-state index < -0.39 is 9.93 Å². The van der Waals surface area contributed by atoms with Crippen molar-refractivity contribution in [2.75, 3.05) is 11.5 Å². The van der Waals surface area contributed by atoms with Crippen LogP contribution in [0.1, 0.15) is 37.0 Å². The lowest BCUT2D eigenvalue weighted by Gasteiger charge is -2.17. The van der Waals surface area contributed by atoms with Gasteiger partial charge in [0.2, 0.25) is 0 Å². The van der Waals surface area contributed by atoms with Crippen molar-refractivity contribution in [3.05, 3.63) is 42.0 Å². The van der Waals surface area contributed by atoms with Gasteiger partial charge in [0.1, 0.15) is 0 Å². The Morgan fingerprint density at radius 1 is 1.04 bits per heavy atom. The highest BCUT2D eigenvalue weighted by atomic mass is 32.2. The summed E-state index contributed by atoms with van der Waals surface area (Å²) in [6, 6.07) is 12.2. The van der Waals surface area contributed by atoms with E-state index in [2.05, 4.69) is 29.7 Å². The molecule has 0 aliphatic carbocycles. The topological polar surface area (TPSA) is 39.1 Å². The first-order chi connectivity index (χ1) is 11.5. The largest absolute Gasteiger partial charge is 0.341 e. The zero-order valence-electron chi connectivity index (χ0n) is 14.2. The Hall–Kier alpha value is -1.94. The van der Waals surface area contributed by atoms with E-state index in [1.807, 2.05) is 18.2 Å². The highest BCUT2D eigenvalue weighted by molar-refractivity contribution is 8.03. The molecule has 1 aliphatic rings. The zero-order valence-corrected chi connectivity index (χ0v) is 15.1. The van der Waals surface area contributed by atoms with E-state index in [0.717, 1.165) is 63.2 Å². The van der Waals surface area contributed by atoms with E-state index in [1.54, 1.807) is 6.92 Å². The summed E-state index contributed by atoms with van der Waals surface area (Å²) in [6.07, 6.45) is 2.14. The molecule has 0 amide bonds. The molecule has 126 valence electrons. The molecule has 3 nitrogen and oxygen atoms in total. The summed E-state index contributed by atoms with van der Waals surface area (Å²) in [4.78, 5) is 12.8. The number of nitrogens with zero attached hydrogens (tertiary/aromatic N) is 1. The fourth-order valence-electron chi connectivity index (χ4n) is 4.01. The molecule has 1 saturated heterocycles. The first kappa shape index (κ1) is 15.6. The summed E-state index contributed by atoms with van der Waals surface area (Å²) in [6.45, 7) is 4.60. The summed E-state index contributed by atoms with van der Waals surface area (Å²) in [7, 11) is -2.21. The lowest BCUT2D eigenvalue weighted by atomic mass is 10.1. The second-order valence-electron chi connectivity index (χ2n) is 6.78.